The number of benzene rings is 2. The number of rotatable bonds is 3. The van der Waals surface area contributed by atoms with Crippen LogP contribution in [0.2, 0.25) is 0 Å². The van der Waals surface area contributed by atoms with Gasteiger partial charge in [-0.25, -0.2) is 4.79 Å². The van der Waals surface area contributed by atoms with Gasteiger partial charge >= 0.3 is 6.03 Å². The monoisotopic (exact) mass is 366 g/mol. The van der Waals surface area contributed by atoms with Gasteiger partial charge < -0.3 is 21.3 Å². The van der Waals surface area contributed by atoms with Gasteiger partial charge in [-0.05, 0) is 61.7 Å². The average Bonchev–Trinajstić information content (AvgIpc) is 2.95. The standard InChI is InChI=1S/C21H26N4O2/c1-15-6-7-16(22)14-19(15)20(26)23-17-8-10-18(11-9-17)24-21(27)25-12-4-2-3-5-13-25/h6-11,14H,2-5,12-13,22H2,1H3,(H,23,26)(H,24,27). The summed E-state index contributed by atoms with van der Waals surface area (Å²) in [6.07, 6.45) is 4.49. The van der Waals surface area contributed by atoms with Crippen LogP contribution in [0.5, 0.6) is 0 Å². The van der Waals surface area contributed by atoms with Crippen molar-refractivity contribution in [3.05, 3.63) is 53.6 Å². The van der Waals surface area contributed by atoms with Crippen LogP contribution in [0.4, 0.5) is 21.9 Å². The number of hydrogen-bond donors (Lipinski definition) is 3. The summed E-state index contributed by atoms with van der Waals surface area (Å²) in [4.78, 5) is 26.7. The highest BCUT2D eigenvalue weighted by atomic mass is 16.2. The smallest absolute Gasteiger partial charge is 0.321 e. The van der Waals surface area contributed by atoms with Gasteiger partial charge in [0.1, 0.15) is 0 Å². The maximum atomic E-state index is 12.4. The Morgan fingerprint density at radius 3 is 2.11 bits per heavy atom. The highest BCUT2D eigenvalue weighted by molar-refractivity contribution is 6.06. The Balaban J connectivity index is 1.60. The van der Waals surface area contributed by atoms with Crippen molar-refractivity contribution in [1.29, 1.82) is 0 Å². The Hall–Kier alpha value is -3.02. The van der Waals surface area contributed by atoms with Crippen molar-refractivity contribution in [2.75, 3.05) is 29.5 Å². The van der Waals surface area contributed by atoms with Gasteiger partial charge in [0.05, 0.1) is 0 Å². The molecule has 4 N–H and O–H groups in total. The van der Waals surface area contributed by atoms with Crippen LogP contribution in [-0.4, -0.2) is 29.9 Å². The zero-order chi connectivity index (χ0) is 19.2. The molecule has 0 aromatic heterocycles. The lowest BCUT2D eigenvalue weighted by Crippen LogP contribution is -2.35. The van der Waals surface area contributed by atoms with Crippen LogP contribution in [-0.2, 0) is 0 Å². The molecular weight excluding hydrogens is 340 g/mol. The zero-order valence-electron chi connectivity index (χ0n) is 15.6. The molecular formula is C21H26N4O2. The predicted molar refractivity (Wildman–Crippen MR) is 109 cm³/mol. The summed E-state index contributed by atoms with van der Waals surface area (Å²) in [7, 11) is 0. The molecule has 3 rings (SSSR count). The van der Waals surface area contributed by atoms with Gasteiger partial charge in [-0.1, -0.05) is 18.9 Å². The molecule has 0 bridgehead atoms. The lowest BCUT2D eigenvalue weighted by Gasteiger charge is -2.20. The first-order chi connectivity index (χ1) is 13.0. The van der Waals surface area contributed by atoms with E-state index in [2.05, 4.69) is 10.6 Å². The summed E-state index contributed by atoms with van der Waals surface area (Å²) in [6.45, 7) is 3.48. The average molecular weight is 366 g/mol. The number of carbonyl (C=O) groups is 2. The lowest BCUT2D eigenvalue weighted by atomic mass is 10.1. The molecule has 27 heavy (non-hydrogen) atoms. The van der Waals surface area contributed by atoms with Crippen LogP contribution in [0.3, 0.4) is 0 Å². The number of aryl methyl sites for hydroxylation is 1. The van der Waals surface area contributed by atoms with Crippen LogP contribution in [0.15, 0.2) is 42.5 Å². The number of nitrogens with two attached hydrogens (primary N) is 1. The molecule has 1 aliphatic rings. The lowest BCUT2D eigenvalue weighted by molar-refractivity contribution is 0.102. The van der Waals surface area contributed by atoms with E-state index in [1.807, 2.05) is 17.9 Å². The Morgan fingerprint density at radius 2 is 1.48 bits per heavy atom. The summed E-state index contributed by atoms with van der Waals surface area (Å²) < 4.78 is 0. The van der Waals surface area contributed by atoms with E-state index < -0.39 is 0 Å². The van der Waals surface area contributed by atoms with Gasteiger partial charge in [0.2, 0.25) is 0 Å². The summed E-state index contributed by atoms with van der Waals surface area (Å²) in [6, 6.07) is 12.3. The van der Waals surface area contributed by atoms with E-state index >= 15 is 0 Å². The van der Waals surface area contributed by atoms with E-state index in [4.69, 9.17) is 5.73 Å². The molecule has 2 aromatic carbocycles. The molecule has 0 aliphatic carbocycles. The summed E-state index contributed by atoms with van der Waals surface area (Å²) in [5.74, 6) is -0.207. The number of hydrogen-bond acceptors (Lipinski definition) is 3. The molecule has 0 unspecified atom stereocenters. The number of amides is 3. The van der Waals surface area contributed by atoms with E-state index in [1.54, 1.807) is 36.4 Å². The molecule has 2 aromatic rings. The topological polar surface area (TPSA) is 87.5 Å². The summed E-state index contributed by atoms with van der Waals surface area (Å²) in [5.41, 5.74) is 9.11. The fourth-order valence-electron chi connectivity index (χ4n) is 3.20. The molecule has 6 nitrogen and oxygen atoms in total. The summed E-state index contributed by atoms with van der Waals surface area (Å²) in [5, 5.41) is 5.79. The van der Waals surface area contributed by atoms with Crippen LogP contribution in [0, 0.1) is 6.92 Å². The van der Waals surface area contributed by atoms with Crippen molar-refractivity contribution in [1.82, 2.24) is 4.90 Å². The SMILES string of the molecule is Cc1ccc(N)cc1C(=O)Nc1ccc(NC(=O)N2CCCCCC2)cc1. The zero-order valence-corrected chi connectivity index (χ0v) is 15.6. The molecule has 1 fully saturated rings. The fraction of sp³-hybridized carbons (Fsp3) is 0.333. The number of nitrogens with zero attached hydrogens (tertiary/aromatic N) is 1. The van der Waals surface area contributed by atoms with E-state index in [1.165, 1.54) is 12.8 Å². The van der Waals surface area contributed by atoms with Gasteiger partial charge in [0, 0.05) is 35.7 Å². The van der Waals surface area contributed by atoms with Crippen molar-refractivity contribution in [3.8, 4) is 0 Å². The quantitative estimate of drug-likeness (QED) is 0.710. The third-order valence-electron chi connectivity index (χ3n) is 4.79. The maximum Gasteiger partial charge on any atom is 0.321 e. The van der Waals surface area contributed by atoms with Gasteiger partial charge in [-0.15, -0.1) is 0 Å². The minimum absolute atomic E-state index is 0.0657. The van der Waals surface area contributed by atoms with Gasteiger partial charge in [0.25, 0.3) is 5.91 Å². The van der Waals surface area contributed by atoms with Crippen LogP contribution < -0.4 is 16.4 Å². The second kappa shape index (κ2) is 8.58. The molecule has 1 heterocycles. The van der Waals surface area contributed by atoms with Crippen LogP contribution >= 0.6 is 0 Å². The van der Waals surface area contributed by atoms with E-state index in [0.717, 1.165) is 31.5 Å². The minimum Gasteiger partial charge on any atom is -0.399 e. The number of urea groups is 1. The summed E-state index contributed by atoms with van der Waals surface area (Å²) >= 11 is 0. The highest BCUT2D eigenvalue weighted by Crippen LogP contribution is 2.18. The van der Waals surface area contributed by atoms with Crippen molar-refractivity contribution >= 4 is 29.0 Å². The molecule has 142 valence electrons. The van der Waals surface area contributed by atoms with Crippen LogP contribution in [0.1, 0.15) is 41.6 Å². The first-order valence-electron chi connectivity index (χ1n) is 9.36. The van der Waals surface area contributed by atoms with Crippen molar-refractivity contribution < 1.29 is 9.59 Å². The third kappa shape index (κ3) is 5.00. The molecule has 0 radical (unpaired) electrons. The fourth-order valence-corrected chi connectivity index (χ4v) is 3.20. The van der Waals surface area contributed by atoms with Gasteiger partial charge in [0.15, 0.2) is 0 Å². The molecule has 1 saturated heterocycles. The minimum atomic E-state index is -0.207. The second-order valence-electron chi connectivity index (χ2n) is 6.94. The molecule has 6 heteroatoms. The Kier molecular flexibility index (Phi) is 5.96. The van der Waals surface area contributed by atoms with Crippen molar-refractivity contribution in [2.45, 2.75) is 32.6 Å². The highest BCUT2D eigenvalue weighted by Gasteiger charge is 2.15. The molecule has 0 saturated carbocycles. The first kappa shape index (κ1) is 18.8. The first-order valence-corrected chi connectivity index (χ1v) is 9.36. The Morgan fingerprint density at radius 1 is 0.889 bits per heavy atom. The normalized spacial score (nSPS) is 14.3. The number of likely N-dealkylation sites (tertiary alicyclic amines) is 1. The Bertz CT molecular complexity index is 809. The predicted octanol–water partition coefficient (Wildman–Crippen LogP) is 4.24. The van der Waals surface area contributed by atoms with E-state index in [9.17, 15) is 9.59 Å². The van der Waals surface area contributed by atoms with Crippen molar-refractivity contribution in [3.63, 3.8) is 0 Å². The molecule has 3 amide bonds. The third-order valence-corrected chi connectivity index (χ3v) is 4.79. The molecule has 0 spiro atoms. The molecule has 1 aliphatic heterocycles. The van der Waals surface area contributed by atoms with E-state index in [-0.39, 0.29) is 11.9 Å². The van der Waals surface area contributed by atoms with Crippen LogP contribution in [0.25, 0.3) is 0 Å². The number of nitrogens with one attached hydrogen (secondary N) is 2. The largest absolute Gasteiger partial charge is 0.399 e. The maximum absolute atomic E-state index is 12.4. The van der Waals surface area contributed by atoms with Gasteiger partial charge in [-0.3, -0.25) is 4.79 Å². The van der Waals surface area contributed by atoms with Crippen molar-refractivity contribution in [2.24, 2.45) is 0 Å². The number of anilines is 3. The Labute approximate surface area is 159 Å². The molecule has 0 atom stereocenters. The second-order valence-corrected chi connectivity index (χ2v) is 6.94. The number of nitrogen functional groups attached to an aromatic ring is 1. The number of carbonyl (C=O) groups excluding carboxylic acids is 2. The van der Waals surface area contributed by atoms with Gasteiger partial charge in [-0.2, -0.15) is 0 Å². The van der Waals surface area contributed by atoms with E-state index in [0.29, 0.717) is 22.6 Å².